The third kappa shape index (κ3) is 5.52. The van der Waals surface area contributed by atoms with E-state index in [1.54, 1.807) is 24.3 Å². The van der Waals surface area contributed by atoms with Gasteiger partial charge in [0.15, 0.2) is 0 Å². The van der Waals surface area contributed by atoms with E-state index in [0.717, 1.165) is 40.7 Å². The SMILES string of the molecule is C=Cc1cc(-c2ccc(C(=O)OCCC)cc2)ccc1-c1ccc(C(=O)OCCC)cc1. The Labute approximate surface area is 189 Å². The largest absolute Gasteiger partial charge is 0.462 e. The average molecular weight is 429 g/mol. The Hall–Kier alpha value is -3.66. The van der Waals surface area contributed by atoms with Crippen molar-refractivity contribution in [2.45, 2.75) is 26.7 Å². The van der Waals surface area contributed by atoms with Crippen LogP contribution in [-0.4, -0.2) is 25.2 Å². The predicted molar refractivity (Wildman–Crippen MR) is 129 cm³/mol. The van der Waals surface area contributed by atoms with Crippen LogP contribution in [0.3, 0.4) is 0 Å². The number of carbonyl (C=O) groups excluding carboxylic acids is 2. The molecule has 0 fully saturated rings. The maximum Gasteiger partial charge on any atom is 0.338 e. The van der Waals surface area contributed by atoms with Crippen LogP contribution < -0.4 is 0 Å². The Bertz CT molecular complexity index is 1080. The standard InChI is InChI=1S/C28H28O4/c1-4-17-31-27(29)23-11-7-21(8-12-23)25-15-16-26(20(6-3)19-25)22-9-13-24(14-10-22)28(30)32-18-5-2/h6-16,19H,3-5,17-18H2,1-2H3. The number of rotatable bonds is 9. The molecule has 0 aliphatic carbocycles. The van der Waals surface area contributed by atoms with Gasteiger partial charge in [-0.15, -0.1) is 0 Å². The van der Waals surface area contributed by atoms with E-state index >= 15 is 0 Å². The van der Waals surface area contributed by atoms with Gasteiger partial charge < -0.3 is 9.47 Å². The molecule has 0 aliphatic rings. The predicted octanol–water partition coefficient (Wildman–Crippen LogP) is 6.80. The Kier molecular flexibility index (Phi) is 7.98. The van der Waals surface area contributed by atoms with Gasteiger partial charge in [0.25, 0.3) is 0 Å². The maximum atomic E-state index is 12.0. The van der Waals surface area contributed by atoms with E-state index in [1.807, 2.05) is 56.3 Å². The fourth-order valence-corrected chi connectivity index (χ4v) is 3.31. The van der Waals surface area contributed by atoms with Crippen molar-refractivity contribution in [3.05, 3.63) is 90.0 Å². The summed E-state index contributed by atoms with van der Waals surface area (Å²) in [5.41, 5.74) is 6.11. The van der Waals surface area contributed by atoms with Crippen LogP contribution in [0.4, 0.5) is 0 Å². The molecule has 0 aliphatic heterocycles. The lowest BCUT2D eigenvalue weighted by Gasteiger charge is -2.11. The minimum Gasteiger partial charge on any atom is -0.462 e. The molecule has 3 aromatic rings. The average Bonchev–Trinajstić information content (AvgIpc) is 2.85. The number of hydrogen-bond acceptors (Lipinski definition) is 4. The molecule has 0 aromatic heterocycles. The summed E-state index contributed by atoms with van der Waals surface area (Å²) in [6.07, 6.45) is 3.41. The maximum absolute atomic E-state index is 12.0. The molecule has 0 bridgehead atoms. The van der Waals surface area contributed by atoms with Crippen LogP contribution in [0.15, 0.2) is 73.3 Å². The van der Waals surface area contributed by atoms with Crippen molar-refractivity contribution in [3.63, 3.8) is 0 Å². The van der Waals surface area contributed by atoms with Gasteiger partial charge >= 0.3 is 11.9 Å². The van der Waals surface area contributed by atoms with Gasteiger partial charge in [0.1, 0.15) is 0 Å². The Balaban J connectivity index is 1.81. The van der Waals surface area contributed by atoms with Gasteiger partial charge in [-0.05, 0) is 71.0 Å². The summed E-state index contributed by atoms with van der Waals surface area (Å²) >= 11 is 0. The highest BCUT2D eigenvalue weighted by Gasteiger charge is 2.11. The molecule has 0 saturated heterocycles. The molecule has 3 rings (SSSR count). The lowest BCUT2D eigenvalue weighted by atomic mass is 9.94. The first-order valence-corrected chi connectivity index (χ1v) is 10.9. The molecular weight excluding hydrogens is 400 g/mol. The highest BCUT2D eigenvalue weighted by molar-refractivity contribution is 5.91. The van der Waals surface area contributed by atoms with Crippen molar-refractivity contribution in [3.8, 4) is 22.3 Å². The third-order valence-corrected chi connectivity index (χ3v) is 5.03. The first kappa shape index (κ1) is 23.0. The van der Waals surface area contributed by atoms with Crippen LogP contribution in [0.25, 0.3) is 28.3 Å². The summed E-state index contributed by atoms with van der Waals surface area (Å²) < 4.78 is 10.4. The monoisotopic (exact) mass is 428 g/mol. The molecule has 0 atom stereocenters. The molecule has 0 unspecified atom stereocenters. The van der Waals surface area contributed by atoms with Gasteiger partial charge in [-0.1, -0.05) is 62.9 Å². The van der Waals surface area contributed by atoms with Crippen LogP contribution in [0, 0.1) is 0 Å². The van der Waals surface area contributed by atoms with Gasteiger partial charge in [-0.25, -0.2) is 9.59 Å². The molecule has 3 aromatic carbocycles. The molecule has 32 heavy (non-hydrogen) atoms. The topological polar surface area (TPSA) is 52.6 Å². The van der Waals surface area contributed by atoms with Gasteiger partial charge in [0.2, 0.25) is 0 Å². The number of ether oxygens (including phenoxy) is 2. The summed E-state index contributed by atoms with van der Waals surface area (Å²) in [6.45, 7) is 8.73. The fourth-order valence-electron chi connectivity index (χ4n) is 3.31. The van der Waals surface area contributed by atoms with Crippen molar-refractivity contribution >= 4 is 18.0 Å². The lowest BCUT2D eigenvalue weighted by Crippen LogP contribution is -2.05. The van der Waals surface area contributed by atoms with E-state index in [1.165, 1.54) is 0 Å². The minimum atomic E-state index is -0.306. The van der Waals surface area contributed by atoms with E-state index in [-0.39, 0.29) is 11.9 Å². The molecular formula is C28H28O4. The molecule has 0 radical (unpaired) electrons. The highest BCUT2D eigenvalue weighted by atomic mass is 16.5. The van der Waals surface area contributed by atoms with Crippen LogP contribution in [0.2, 0.25) is 0 Å². The van der Waals surface area contributed by atoms with E-state index in [2.05, 4.69) is 12.6 Å². The lowest BCUT2D eigenvalue weighted by molar-refractivity contribution is 0.0496. The quantitative estimate of drug-likeness (QED) is 0.352. The smallest absolute Gasteiger partial charge is 0.338 e. The molecule has 164 valence electrons. The third-order valence-electron chi connectivity index (χ3n) is 5.03. The first-order chi connectivity index (χ1) is 15.6. The molecule has 0 N–H and O–H groups in total. The number of esters is 2. The normalized spacial score (nSPS) is 10.4. The molecule has 0 amide bonds. The second-order valence-electron chi connectivity index (χ2n) is 7.43. The first-order valence-electron chi connectivity index (χ1n) is 10.9. The second-order valence-corrected chi connectivity index (χ2v) is 7.43. The summed E-state index contributed by atoms with van der Waals surface area (Å²) in [5, 5.41) is 0. The van der Waals surface area contributed by atoms with Crippen LogP contribution in [0.1, 0.15) is 53.0 Å². The summed E-state index contributed by atoms with van der Waals surface area (Å²) in [6, 6.07) is 20.9. The van der Waals surface area contributed by atoms with E-state index in [9.17, 15) is 9.59 Å². The van der Waals surface area contributed by atoms with Crippen molar-refractivity contribution in [2.24, 2.45) is 0 Å². The minimum absolute atomic E-state index is 0.303. The van der Waals surface area contributed by atoms with Gasteiger partial charge in [-0.2, -0.15) is 0 Å². The molecule has 0 heterocycles. The van der Waals surface area contributed by atoms with E-state index < -0.39 is 0 Å². The van der Waals surface area contributed by atoms with E-state index in [0.29, 0.717) is 24.3 Å². The van der Waals surface area contributed by atoms with Crippen molar-refractivity contribution in [1.29, 1.82) is 0 Å². The van der Waals surface area contributed by atoms with Crippen molar-refractivity contribution in [1.82, 2.24) is 0 Å². The van der Waals surface area contributed by atoms with Gasteiger partial charge in [-0.3, -0.25) is 0 Å². The zero-order valence-electron chi connectivity index (χ0n) is 18.6. The summed E-state index contributed by atoms with van der Waals surface area (Å²) in [7, 11) is 0. The van der Waals surface area contributed by atoms with Crippen molar-refractivity contribution < 1.29 is 19.1 Å². The Morgan fingerprint density at radius 2 is 1.19 bits per heavy atom. The Morgan fingerprint density at radius 1 is 0.719 bits per heavy atom. The van der Waals surface area contributed by atoms with Gasteiger partial charge in [0.05, 0.1) is 24.3 Å². The zero-order valence-corrected chi connectivity index (χ0v) is 18.6. The summed E-state index contributed by atoms with van der Waals surface area (Å²) in [4.78, 5) is 24.0. The van der Waals surface area contributed by atoms with Gasteiger partial charge in [0, 0.05) is 0 Å². The highest BCUT2D eigenvalue weighted by Crippen LogP contribution is 2.30. The van der Waals surface area contributed by atoms with Crippen LogP contribution in [0.5, 0.6) is 0 Å². The fraction of sp³-hybridized carbons (Fsp3) is 0.214. The molecule has 4 nitrogen and oxygen atoms in total. The van der Waals surface area contributed by atoms with Crippen LogP contribution in [-0.2, 0) is 9.47 Å². The van der Waals surface area contributed by atoms with E-state index in [4.69, 9.17) is 9.47 Å². The molecule has 0 saturated carbocycles. The second kappa shape index (κ2) is 11.1. The Morgan fingerprint density at radius 3 is 1.66 bits per heavy atom. The number of hydrogen-bond donors (Lipinski definition) is 0. The van der Waals surface area contributed by atoms with Crippen LogP contribution >= 0.6 is 0 Å². The number of benzene rings is 3. The zero-order chi connectivity index (χ0) is 22.9. The molecule has 0 spiro atoms. The summed E-state index contributed by atoms with van der Waals surface area (Å²) in [5.74, 6) is -0.609. The molecule has 4 heteroatoms. The number of carbonyl (C=O) groups is 2. The van der Waals surface area contributed by atoms with Crippen molar-refractivity contribution in [2.75, 3.05) is 13.2 Å².